The van der Waals surface area contributed by atoms with Gasteiger partial charge in [0.1, 0.15) is 23.3 Å². The maximum absolute atomic E-state index is 8.67. The Morgan fingerprint density at radius 3 is 2.67 bits per heavy atom. The second kappa shape index (κ2) is 4.50. The molecule has 3 nitrogen and oxygen atoms in total. The van der Waals surface area contributed by atoms with E-state index in [9.17, 15) is 0 Å². The fraction of sp³-hybridized carbons (Fsp3) is 0.200. The van der Waals surface area contributed by atoms with E-state index in [1.54, 1.807) is 18.3 Å². The van der Waals surface area contributed by atoms with Gasteiger partial charge in [0.05, 0.1) is 6.20 Å². The number of hydrogen-bond acceptors (Lipinski definition) is 3. The van der Waals surface area contributed by atoms with Crippen LogP contribution in [0.1, 0.15) is 23.2 Å². The molecule has 0 fully saturated rings. The van der Waals surface area contributed by atoms with Crippen LogP contribution in [0.3, 0.4) is 0 Å². The van der Waals surface area contributed by atoms with Crippen LogP contribution in [-0.2, 0) is 12.8 Å². The van der Waals surface area contributed by atoms with Gasteiger partial charge >= 0.3 is 0 Å². The van der Waals surface area contributed by atoms with Crippen LogP contribution >= 0.6 is 0 Å². The third-order valence-electron chi connectivity index (χ3n) is 3.16. The fourth-order valence-corrected chi connectivity index (χ4v) is 2.25. The van der Waals surface area contributed by atoms with E-state index < -0.39 is 0 Å². The van der Waals surface area contributed by atoms with Crippen molar-refractivity contribution < 1.29 is 4.74 Å². The van der Waals surface area contributed by atoms with Gasteiger partial charge in [0.15, 0.2) is 0 Å². The Morgan fingerprint density at radius 1 is 1.06 bits per heavy atom. The molecule has 0 saturated carbocycles. The van der Waals surface area contributed by atoms with E-state index in [0.717, 1.165) is 12.2 Å². The van der Waals surface area contributed by atoms with E-state index in [1.165, 1.54) is 24.0 Å². The van der Waals surface area contributed by atoms with Gasteiger partial charge < -0.3 is 4.74 Å². The Bertz CT molecular complexity index is 611. The highest BCUT2D eigenvalue weighted by Gasteiger charge is 2.11. The molecule has 1 aliphatic rings. The minimum Gasteiger partial charge on any atom is -0.456 e. The standard InChI is InChI=1S/C15H12N2O/c16-9-13-5-7-15(10-17-13)18-14-6-4-11-2-1-3-12(11)8-14/h4-8,10H,1-3H2. The van der Waals surface area contributed by atoms with Crippen LogP contribution in [0.15, 0.2) is 36.5 Å². The molecule has 0 amide bonds. The van der Waals surface area contributed by atoms with Crippen LogP contribution in [0.25, 0.3) is 0 Å². The van der Waals surface area contributed by atoms with E-state index in [-0.39, 0.29) is 0 Å². The predicted octanol–water partition coefficient (Wildman–Crippen LogP) is 3.23. The zero-order valence-corrected chi connectivity index (χ0v) is 9.89. The number of nitriles is 1. The maximum atomic E-state index is 8.67. The van der Waals surface area contributed by atoms with Gasteiger partial charge in [0.25, 0.3) is 0 Å². The van der Waals surface area contributed by atoms with Crippen molar-refractivity contribution >= 4 is 0 Å². The van der Waals surface area contributed by atoms with Crippen LogP contribution < -0.4 is 4.74 Å². The molecule has 2 aromatic rings. The van der Waals surface area contributed by atoms with E-state index in [4.69, 9.17) is 10.00 Å². The molecular formula is C15H12N2O. The number of benzene rings is 1. The van der Waals surface area contributed by atoms with Gasteiger partial charge in [-0.25, -0.2) is 4.98 Å². The molecule has 1 aromatic heterocycles. The van der Waals surface area contributed by atoms with Gasteiger partial charge in [-0.3, -0.25) is 0 Å². The highest BCUT2D eigenvalue weighted by Crippen LogP contribution is 2.28. The van der Waals surface area contributed by atoms with Crippen molar-refractivity contribution in [3.05, 3.63) is 53.3 Å². The molecular weight excluding hydrogens is 224 g/mol. The summed E-state index contributed by atoms with van der Waals surface area (Å²) in [6, 6.07) is 11.6. The van der Waals surface area contributed by atoms with Gasteiger partial charge in [-0.2, -0.15) is 5.26 Å². The van der Waals surface area contributed by atoms with E-state index in [0.29, 0.717) is 11.4 Å². The number of hydrogen-bond donors (Lipinski definition) is 0. The summed E-state index contributed by atoms with van der Waals surface area (Å²) < 4.78 is 5.73. The zero-order valence-electron chi connectivity index (χ0n) is 9.89. The summed E-state index contributed by atoms with van der Waals surface area (Å²) in [4.78, 5) is 3.98. The molecule has 0 N–H and O–H groups in total. The number of aryl methyl sites for hydroxylation is 2. The lowest BCUT2D eigenvalue weighted by atomic mass is 10.1. The smallest absolute Gasteiger partial charge is 0.145 e. The highest BCUT2D eigenvalue weighted by atomic mass is 16.5. The molecule has 0 saturated heterocycles. The molecule has 1 heterocycles. The molecule has 0 unspecified atom stereocenters. The molecule has 88 valence electrons. The number of rotatable bonds is 2. The third kappa shape index (κ3) is 2.05. The Hall–Kier alpha value is -2.34. The van der Waals surface area contributed by atoms with Crippen molar-refractivity contribution in [2.75, 3.05) is 0 Å². The average molecular weight is 236 g/mol. The van der Waals surface area contributed by atoms with Crippen molar-refractivity contribution in [2.24, 2.45) is 0 Å². The number of aromatic nitrogens is 1. The van der Waals surface area contributed by atoms with Crippen LogP contribution in [0.4, 0.5) is 0 Å². The van der Waals surface area contributed by atoms with E-state index >= 15 is 0 Å². The molecule has 3 rings (SSSR count). The monoisotopic (exact) mass is 236 g/mol. The molecule has 18 heavy (non-hydrogen) atoms. The molecule has 0 radical (unpaired) electrons. The predicted molar refractivity (Wildman–Crippen MR) is 67.5 cm³/mol. The minimum absolute atomic E-state index is 0.399. The first-order valence-corrected chi connectivity index (χ1v) is 6.01. The van der Waals surface area contributed by atoms with Crippen molar-refractivity contribution in [1.82, 2.24) is 4.98 Å². The van der Waals surface area contributed by atoms with Crippen LogP contribution in [0, 0.1) is 11.3 Å². The van der Waals surface area contributed by atoms with E-state index in [2.05, 4.69) is 17.1 Å². The van der Waals surface area contributed by atoms with Crippen molar-refractivity contribution in [1.29, 1.82) is 5.26 Å². The Labute approximate surface area is 106 Å². The van der Waals surface area contributed by atoms with Crippen LogP contribution in [-0.4, -0.2) is 4.98 Å². The maximum Gasteiger partial charge on any atom is 0.145 e. The van der Waals surface area contributed by atoms with Crippen molar-refractivity contribution in [3.63, 3.8) is 0 Å². The van der Waals surface area contributed by atoms with Crippen LogP contribution in [0.5, 0.6) is 11.5 Å². The van der Waals surface area contributed by atoms with Crippen molar-refractivity contribution in [2.45, 2.75) is 19.3 Å². The average Bonchev–Trinajstić information content (AvgIpc) is 2.87. The van der Waals surface area contributed by atoms with Crippen LogP contribution in [0.2, 0.25) is 0 Å². The molecule has 0 aliphatic heterocycles. The molecule has 0 atom stereocenters. The molecule has 1 aliphatic carbocycles. The van der Waals surface area contributed by atoms with E-state index in [1.807, 2.05) is 12.1 Å². The van der Waals surface area contributed by atoms with Gasteiger partial charge in [-0.1, -0.05) is 6.07 Å². The first kappa shape index (κ1) is 10.8. The fourth-order valence-electron chi connectivity index (χ4n) is 2.25. The summed E-state index contributed by atoms with van der Waals surface area (Å²) in [5, 5.41) is 8.67. The lowest BCUT2D eigenvalue weighted by Crippen LogP contribution is -1.89. The first-order valence-electron chi connectivity index (χ1n) is 6.01. The lowest BCUT2D eigenvalue weighted by Gasteiger charge is -2.07. The van der Waals surface area contributed by atoms with Gasteiger partial charge in [0, 0.05) is 0 Å². The Morgan fingerprint density at radius 2 is 1.89 bits per heavy atom. The Kier molecular flexibility index (Phi) is 2.70. The summed E-state index contributed by atoms with van der Waals surface area (Å²) in [6.07, 6.45) is 5.12. The number of pyridine rings is 1. The topological polar surface area (TPSA) is 45.9 Å². The van der Waals surface area contributed by atoms with Crippen molar-refractivity contribution in [3.8, 4) is 17.6 Å². The molecule has 0 bridgehead atoms. The molecule has 1 aromatic carbocycles. The summed E-state index contributed by atoms with van der Waals surface area (Å²) in [6.45, 7) is 0. The van der Waals surface area contributed by atoms with Gasteiger partial charge in [0.2, 0.25) is 0 Å². The second-order valence-corrected chi connectivity index (χ2v) is 4.38. The first-order chi connectivity index (χ1) is 8.85. The SMILES string of the molecule is N#Cc1ccc(Oc2ccc3c(c2)CCC3)cn1. The summed E-state index contributed by atoms with van der Waals surface area (Å²) in [5.41, 5.74) is 3.21. The Balaban J connectivity index is 1.81. The number of fused-ring (bicyclic) bond motifs is 1. The third-order valence-corrected chi connectivity index (χ3v) is 3.16. The molecule has 0 spiro atoms. The summed E-state index contributed by atoms with van der Waals surface area (Å²) in [7, 11) is 0. The summed E-state index contributed by atoms with van der Waals surface area (Å²) in [5.74, 6) is 1.49. The highest BCUT2D eigenvalue weighted by molar-refractivity contribution is 5.40. The zero-order chi connectivity index (χ0) is 12.4. The quantitative estimate of drug-likeness (QED) is 0.804. The normalized spacial score (nSPS) is 12.8. The minimum atomic E-state index is 0.399. The number of nitrogens with zero attached hydrogens (tertiary/aromatic N) is 2. The molecule has 3 heteroatoms. The lowest BCUT2D eigenvalue weighted by molar-refractivity contribution is 0.479. The summed E-state index contributed by atoms with van der Waals surface area (Å²) >= 11 is 0. The largest absolute Gasteiger partial charge is 0.456 e. The van der Waals surface area contributed by atoms with Gasteiger partial charge in [-0.15, -0.1) is 0 Å². The number of ether oxygens (including phenoxy) is 1. The van der Waals surface area contributed by atoms with Gasteiger partial charge in [-0.05, 0) is 54.7 Å². The second-order valence-electron chi connectivity index (χ2n) is 4.38.